The molecule has 0 spiro atoms. The van der Waals surface area contributed by atoms with Crippen LogP contribution < -0.4 is 5.32 Å². The van der Waals surface area contributed by atoms with Crippen LogP contribution in [0.1, 0.15) is 13.3 Å². The Labute approximate surface area is 121 Å². The molecule has 1 aromatic carbocycles. The first-order valence-electron chi connectivity index (χ1n) is 7.07. The van der Waals surface area contributed by atoms with Gasteiger partial charge in [-0.3, -0.25) is 4.90 Å². The monoisotopic (exact) mass is 281 g/mol. The standard InChI is InChI=1S/C15H24ClN3/c1-13-12-18(2)9-3-10-19(13)11-8-17-15-6-4-14(16)5-7-15/h4-7,13,17H,3,8-12H2,1-2H3. The molecule has 0 bridgehead atoms. The molecule has 1 heterocycles. The van der Waals surface area contributed by atoms with E-state index in [-0.39, 0.29) is 0 Å². The summed E-state index contributed by atoms with van der Waals surface area (Å²) >= 11 is 5.88. The van der Waals surface area contributed by atoms with Gasteiger partial charge in [0.15, 0.2) is 0 Å². The Morgan fingerprint density at radius 1 is 1.26 bits per heavy atom. The Bertz CT molecular complexity index is 379. The third kappa shape index (κ3) is 4.68. The molecule has 1 aromatic rings. The number of likely N-dealkylation sites (N-methyl/N-ethyl adjacent to an activating group) is 1. The van der Waals surface area contributed by atoms with Crippen LogP contribution in [0.25, 0.3) is 0 Å². The van der Waals surface area contributed by atoms with Crippen molar-refractivity contribution in [3.63, 3.8) is 0 Å². The second-order valence-electron chi connectivity index (χ2n) is 5.43. The summed E-state index contributed by atoms with van der Waals surface area (Å²) < 4.78 is 0. The summed E-state index contributed by atoms with van der Waals surface area (Å²) in [6.45, 7) is 7.98. The summed E-state index contributed by atoms with van der Waals surface area (Å²) in [7, 11) is 2.21. The summed E-state index contributed by atoms with van der Waals surface area (Å²) in [5.41, 5.74) is 1.14. The minimum Gasteiger partial charge on any atom is -0.384 e. The maximum atomic E-state index is 5.88. The van der Waals surface area contributed by atoms with Gasteiger partial charge in [-0.15, -0.1) is 0 Å². The van der Waals surface area contributed by atoms with Crippen LogP contribution in [-0.2, 0) is 0 Å². The van der Waals surface area contributed by atoms with E-state index >= 15 is 0 Å². The van der Waals surface area contributed by atoms with Gasteiger partial charge >= 0.3 is 0 Å². The average molecular weight is 282 g/mol. The third-order valence-electron chi connectivity index (χ3n) is 3.76. The highest BCUT2D eigenvalue weighted by Crippen LogP contribution is 2.13. The lowest BCUT2D eigenvalue weighted by atomic mass is 10.2. The fraction of sp³-hybridized carbons (Fsp3) is 0.600. The van der Waals surface area contributed by atoms with E-state index < -0.39 is 0 Å². The molecule has 1 atom stereocenters. The van der Waals surface area contributed by atoms with Gasteiger partial charge in [-0.05, 0) is 57.7 Å². The van der Waals surface area contributed by atoms with E-state index in [0.717, 1.165) is 23.8 Å². The Hall–Kier alpha value is -0.770. The Balaban J connectivity index is 1.76. The first-order chi connectivity index (χ1) is 9.15. The van der Waals surface area contributed by atoms with Gasteiger partial charge in [0.2, 0.25) is 0 Å². The summed E-state index contributed by atoms with van der Waals surface area (Å²) in [4.78, 5) is 5.00. The molecule has 1 N–H and O–H groups in total. The van der Waals surface area contributed by atoms with Crippen molar-refractivity contribution >= 4 is 17.3 Å². The van der Waals surface area contributed by atoms with Crippen LogP contribution in [0.4, 0.5) is 5.69 Å². The minimum atomic E-state index is 0.638. The number of halogens is 1. The van der Waals surface area contributed by atoms with Gasteiger partial charge in [-0.2, -0.15) is 0 Å². The fourth-order valence-corrected chi connectivity index (χ4v) is 2.79. The number of hydrogen-bond acceptors (Lipinski definition) is 3. The normalized spacial score (nSPS) is 22.2. The van der Waals surface area contributed by atoms with Gasteiger partial charge in [-0.25, -0.2) is 0 Å². The second-order valence-corrected chi connectivity index (χ2v) is 5.87. The second kappa shape index (κ2) is 7.13. The summed E-state index contributed by atoms with van der Waals surface area (Å²) in [6, 6.07) is 8.55. The number of hydrogen-bond donors (Lipinski definition) is 1. The topological polar surface area (TPSA) is 18.5 Å². The van der Waals surface area contributed by atoms with Crippen molar-refractivity contribution in [2.75, 3.05) is 45.1 Å². The lowest BCUT2D eigenvalue weighted by Crippen LogP contribution is -2.40. The molecule has 1 unspecified atom stereocenters. The largest absolute Gasteiger partial charge is 0.384 e. The van der Waals surface area contributed by atoms with E-state index in [2.05, 4.69) is 29.1 Å². The van der Waals surface area contributed by atoms with Crippen molar-refractivity contribution in [2.24, 2.45) is 0 Å². The predicted molar refractivity (Wildman–Crippen MR) is 83.1 cm³/mol. The predicted octanol–water partition coefficient (Wildman–Crippen LogP) is 2.78. The van der Waals surface area contributed by atoms with Crippen molar-refractivity contribution in [1.29, 1.82) is 0 Å². The van der Waals surface area contributed by atoms with E-state index in [1.807, 2.05) is 24.3 Å². The van der Waals surface area contributed by atoms with Crippen LogP contribution in [0, 0.1) is 0 Å². The quantitative estimate of drug-likeness (QED) is 0.916. The molecule has 4 heteroatoms. The van der Waals surface area contributed by atoms with Gasteiger partial charge in [0.25, 0.3) is 0 Å². The van der Waals surface area contributed by atoms with Crippen LogP contribution in [-0.4, -0.2) is 55.6 Å². The lowest BCUT2D eigenvalue weighted by molar-refractivity contribution is 0.209. The fourth-order valence-electron chi connectivity index (χ4n) is 2.67. The molecule has 19 heavy (non-hydrogen) atoms. The average Bonchev–Trinajstić information content (AvgIpc) is 2.53. The molecule has 106 valence electrons. The molecular formula is C15H24ClN3. The number of anilines is 1. The molecule has 1 saturated heterocycles. The molecule has 3 nitrogen and oxygen atoms in total. The molecule has 1 aliphatic heterocycles. The van der Waals surface area contributed by atoms with E-state index in [9.17, 15) is 0 Å². The zero-order valence-electron chi connectivity index (χ0n) is 11.9. The Kier molecular flexibility index (Phi) is 5.49. The Morgan fingerprint density at radius 3 is 2.74 bits per heavy atom. The molecule has 0 amide bonds. The van der Waals surface area contributed by atoms with Crippen molar-refractivity contribution in [3.8, 4) is 0 Å². The van der Waals surface area contributed by atoms with Gasteiger partial charge in [0.05, 0.1) is 0 Å². The number of rotatable bonds is 4. The van der Waals surface area contributed by atoms with E-state index in [1.165, 1.54) is 26.1 Å². The third-order valence-corrected chi connectivity index (χ3v) is 4.01. The number of nitrogens with zero attached hydrogens (tertiary/aromatic N) is 2. The van der Waals surface area contributed by atoms with Crippen molar-refractivity contribution < 1.29 is 0 Å². The summed E-state index contributed by atoms with van der Waals surface area (Å²) in [6.07, 6.45) is 1.27. The van der Waals surface area contributed by atoms with Crippen molar-refractivity contribution in [3.05, 3.63) is 29.3 Å². The van der Waals surface area contributed by atoms with Crippen LogP contribution in [0.15, 0.2) is 24.3 Å². The maximum absolute atomic E-state index is 5.88. The summed E-state index contributed by atoms with van der Waals surface area (Å²) in [5.74, 6) is 0. The zero-order valence-corrected chi connectivity index (χ0v) is 12.7. The molecule has 2 rings (SSSR count). The van der Waals surface area contributed by atoms with E-state index in [1.54, 1.807) is 0 Å². The lowest BCUT2D eigenvalue weighted by Gasteiger charge is -2.28. The van der Waals surface area contributed by atoms with Crippen LogP contribution >= 0.6 is 11.6 Å². The number of benzene rings is 1. The highest BCUT2D eigenvalue weighted by molar-refractivity contribution is 6.30. The summed E-state index contributed by atoms with van der Waals surface area (Å²) in [5, 5.41) is 4.24. The maximum Gasteiger partial charge on any atom is 0.0407 e. The van der Waals surface area contributed by atoms with Gasteiger partial charge in [0.1, 0.15) is 0 Å². The molecule has 0 aromatic heterocycles. The molecular weight excluding hydrogens is 258 g/mol. The zero-order chi connectivity index (χ0) is 13.7. The van der Waals surface area contributed by atoms with Crippen molar-refractivity contribution in [2.45, 2.75) is 19.4 Å². The van der Waals surface area contributed by atoms with Gasteiger partial charge in [-0.1, -0.05) is 11.6 Å². The highest BCUT2D eigenvalue weighted by Gasteiger charge is 2.18. The first kappa shape index (κ1) is 14.6. The molecule has 0 saturated carbocycles. The molecule has 0 aliphatic carbocycles. The van der Waals surface area contributed by atoms with E-state index in [4.69, 9.17) is 11.6 Å². The number of nitrogens with one attached hydrogen (secondary N) is 1. The molecule has 1 aliphatic rings. The Morgan fingerprint density at radius 2 is 2.00 bits per heavy atom. The van der Waals surface area contributed by atoms with Crippen LogP contribution in [0.2, 0.25) is 5.02 Å². The molecule has 0 radical (unpaired) electrons. The van der Waals surface area contributed by atoms with Crippen LogP contribution in [0.3, 0.4) is 0 Å². The van der Waals surface area contributed by atoms with E-state index in [0.29, 0.717) is 6.04 Å². The molecule has 1 fully saturated rings. The highest BCUT2D eigenvalue weighted by atomic mass is 35.5. The van der Waals surface area contributed by atoms with Crippen LogP contribution in [0.5, 0.6) is 0 Å². The SMILES string of the molecule is CC1CN(C)CCCN1CCNc1ccc(Cl)cc1. The minimum absolute atomic E-state index is 0.638. The first-order valence-corrected chi connectivity index (χ1v) is 7.45. The van der Waals surface area contributed by atoms with Gasteiger partial charge < -0.3 is 10.2 Å². The van der Waals surface area contributed by atoms with Gasteiger partial charge in [0, 0.05) is 36.4 Å². The smallest absolute Gasteiger partial charge is 0.0407 e. The van der Waals surface area contributed by atoms with Crippen molar-refractivity contribution in [1.82, 2.24) is 9.80 Å².